The van der Waals surface area contributed by atoms with Crippen LogP contribution in [0.5, 0.6) is 0 Å². The zero-order valence-electron chi connectivity index (χ0n) is 11.5. The minimum atomic E-state index is -4.36. The van der Waals surface area contributed by atoms with Gasteiger partial charge in [-0.25, -0.2) is 0 Å². The van der Waals surface area contributed by atoms with E-state index in [0.29, 0.717) is 5.56 Å². The number of aliphatic hydroxyl groups is 1. The van der Waals surface area contributed by atoms with E-state index in [4.69, 9.17) is 5.11 Å². The Kier molecular flexibility index (Phi) is 4.02. The SMILES string of the molecule is OC/C=C/C1c2ccccc2Sc2ccc(C(F)(F)F)cc21. The molecule has 0 amide bonds. The van der Waals surface area contributed by atoms with Crippen LogP contribution in [0.15, 0.2) is 64.4 Å². The lowest BCUT2D eigenvalue weighted by Crippen LogP contribution is -2.11. The van der Waals surface area contributed by atoms with Gasteiger partial charge in [0.2, 0.25) is 0 Å². The molecule has 0 fully saturated rings. The fraction of sp³-hybridized carbons (Fsp3) is 0.176. The van der Waals surface area contributed by atoms with Crippen LogP contribution in [-0.2, 0) is 6.18 Å². The van der Waals surface area contributed by atoms with Gasteiger partial charge in [0, 0.05) is 15.7 Å². The lowest BCUT2D eigenvalue weighted by atomic mass is 9.89. The van der Waals surface area contributed by atoms with Crippen molar-refractivity contribution in [2.75, 3.05) is 6.61 Å². The highest BCUT2D eigenvalue weighted by Crippen LogP contribution is 2.47. The molecule has 5 heteroatoms. The second-order valence-corrected chi connectivity index (χ2v) is 6.06. The van der Waals surface area contributed by atoms with Crippen LogP contribution in [0.25, 0.3) is 0 Å². The van der Waals surface area contributed by atoms with Gasteiger partial charge in [-0.1, -0.05) is 42.1 Å². The topological polar surface area (TPSA) is 20.2 Å². The van der Waals surface area contributed by atoms with E-state index in [9.17, 15) is 13.2 Å². The predicted octanol–water partition coefficient (Wildman–Crippen LogP) is 4.85. The molecule has 0 bridgehead atoms. The first kappa shape index (κ1) is 15.2. The second-order valence-electron chi connectivity index (χ2n) is 4.98. The number of halogens is 3. The third-order valence-corrected chi connectivity index (χ3v) is 4.76. The van der Waals surface area contributed by atoms with Gasteiger partial charge in [-0.3, -0.25) is 0 Å². The maximum atomic E-state index is 13.0. The molecule has 1 nitrogen and oxygen atoms in total. The third-order valence-electron chi connectivity index (χ3n) is 3.58. The first-order chi connectivity index (χ1) is 10.5. The van der Waals surface area contributed by atoms with Gasteiger partial charge in [0.15, 0.2) is 0 Å². The molecule has 1 heterocycles. The molecule has 0 radical (unpaired) electrons. The molecule has 2 aromatic rings. The Labute approximate surface area is 130 Å². The van der Waals surface area contributed by atoms with Crippen molar-refractivity contribution in [1.82, 2.24) is 0 Å². The summed E-state index contributed by atoms with van der Waals surface area (Å²) in [5.41, 5.74) is 0.945. The molecular weight excluding hydrogens is 309 g/mol. The largest absolute Gasteiger partial charge is 0.416 e. The molecule has 0 saturated heterocycles. The Morgan fingerprint density at radius 2 is 1.77 bits per heavy atom. The Bertz CT molecular complexity index is 722. The average molecular weight is 322 g/mol. The van der Waals surface area contributed by atoms with Gasteiger partial charge >= 0.3 is 6.18 Å². The Hall–Kier alpha value is -1.72. The summed E-state index contributed by atoms with van der Waals surface area (Å²) in [4.78, 5) is 1.85. The highest BCUT2D eigenvalue weighted by Gasteiger charge is 2.33. The number of hydrogen-bond donors (Lipinski definition) is 1. The maximum Gasteiger partial charge on any atom is 0.416 e. The van der Waals surface area contributed by atoms with Gasteiger partial charge in [-0.05, 0) is 35.4 Å². The van der Waals surface area contributed by atoms with E-state index in [1.807, 2.05) is 24.3 Å². The maximum absolute atomic E-state index is 13.0. The number of benzene rings is 2. The zero-order valence-corrected chi connectivity index (χ0v) is 12.3. The zero-order chi connectivity index (χ0) is 15.7. The molecule has 0 saturated carbocycles. The van der Waals surface area contributed by atoms with Gasteiger partial charge in [0.1, 0.15) is 0 Å². The van der Waals surface area contributed by atoms with E-state index < -0.39 is 11.7 Å². The highest BCUT2D eigenvalue weighted by molar-refractivity contribution is 7.99. The van der Waals surface area contributed by atoms with Crippen LogP contribution in [0.4, 0.5) is 13.2 Å². The normalized spacial score (nSPS) is 17.4. The van der Waals surface area contributed by atoms with Crippen LogP contribution >= 0.6 is 11.8 Å². The van der Waals surface area contributed by atoms with Crippen LogP contribution < -0.4 is 0 Å². The van der Waals surface area contributed by atoms with E-state index >= 15 is 0 Å². The summed E-state index contributed by atoms with van der Waals surface area (Å²) in [5, 5.41) is 9.00. The number of rotatable bonds is 2. The summed E-state index contributed by atoms with van der Waals surface area (Å²) < 4.78 is 38.9. The average Bonchev–Trinajstić information content (AvgIpc) is 2.50. The van der Waals surface area contributed by atoms with Crippen molar-refractivity contribution in [3.05, 3.63) is 71.3 Å². The number of alkyl halides is 3. The fourth-order valence-corrected chi connectivity index (χ4v) is 3.72. The Balaban J connectivity index is 2.15. The lowest BCUT2D eigenvalue weighted by molar-refractivity contribution is -0.137. The summed E-state index contributed by atoms with van der Waals surface area (Å²) in [5.74, 6) is -0.276. The second kappa shape index (κ2) is 5.82. The first-order valence-electron chi connectivity index (χ1n) is 6.76. The molecule has 114 valence electrons. The highest BCUT2D eigenvalue weighted by atomic mass is 32.2. The minimum Gasteiger partial charge on any atom is -0.392 e. The summed E-state index contributed by atoms with van der Waals surface area (Å²) in [7, 11) is 0. The molecule has 0 aromatic heterocycles. The van der Waals surface area contributed by atoms with Gasteiger partial charge in [-0.15, -0.1) is 0 Å². The third kappa shape index (κ3) is 2.78. The van der Waals surface area contributed by atoms with Gasteiger partial charge in [0.05, 0.1) is 12.2 Å². The molecule has 3 rings (SSSR count). The van der Waals surface area contributed by atoms with E-state index in [1.54, 1.807) is 12.2 Å². The van der Waals surface area contributed by atoms with Crippen molar-refractivity contribution in [2.24, 2.45) is 0 Å². The molecule has 1 aliphatic heterocycles. The predicted molar refractivity (Wildman–Crippen MR) is 80.1 cm³/mol. The van der Waals surface area contributed by atoms with Gasteiger partial charge < -0.3 is 5.11 Å². The quantitative estimate of drug-likeness (QED) is 0.798. The molecule has 2 aromatic carbocycles. The minimum absolute atomic E-state index is 0.139. The van der Waals surface area contributed by atoms with Crippen molar-refractivity contribution in [1.29, 1.82) is 0 Å². The number of aliphatic hydroxyl groups excluding tert-OH is 1. The Morgan fingerprint density at radius 3 is 2.50 bits per heavy atom. The standard InChI is InChI=1S/C17H13F3OS/c18-17(19,20)11-7-8-16-14(10-11)12(5-3-9-21)13-4-1-2-6-15(13)22-16/h1-8,10,12,21H,9H2/b5-3+. The van der Waals surface area contributed by atoms with Crippen LogP contribution in [-0.4, -0.2) is 11.7 Å². The number of fused-ring (bicyclic) bond motifs is 2. The lowest BCUT2D eigenvalue weighted by Gasteiger charge is -2.26. The summed E-state index contributed by atoms with van der Waals surface area (Å²) in [6.07, 6.45) is -1.03. The smallest absolute Gasteiger partial charge is 0.392 e. The van der Waals surface area contributed by atoms with E-state index in [2.05, 4.69) is 0 Å². The van der Waals surface area contributed by atoms with Crippen LogP contribution in [0.1, 0.15) is 22.6 Å². The molecule has 1 aliphatic rings. The van der Waals surface area contributed by atoms with Crippen molar-refractivity contribution in [2.45, 2.75) is 21.9 Å². The Morgan fingerprint density at radius 1 is 1.05 bits per heavy atom. The summed E-state index contributed by atoms with van der Waals surface area (Å²) >= 11 is 1.48. The van der Waals surface area contributed by atoms with Crippen LogP contribution in [0, 0.1) is 0 Å². The van der Waals surface area contributed by atoms with E-state index in [0.717, 1.165) is 21.4 Å². The molecule has 1 N–H and O–H groups in total. The van der Waals surface area contributed by atoms with E-state index in [1.165, 1.54) is 23.9 Å². The van der Waals surface area contributed by atoms with Crippen molar-refractivity contribution in [3.8, 4) is 0 Å². The van der Waals surface area contributed by atoms with Crippen LogP contribution in [0.2, 0.25) is 0 Å². The number of hydrogen-bond acceptors (Lipinski definition) is 2. The van der Waals surface area contributed by atoms with Gasteiger partial charge in [-0.2, -0.15) is 13.2 Å². The summed E-state index contributed by atoms with van der Waals surface area (Å²) in [6.45, 7) is -0.139. The summed E-state index contributed by atoms with van der Waals surface area (Å²) in [6, 6.07) is 11.5. The van der Waals surface area contributed by atoms with Crippen molar-refractivity contribution < 1.29 is 18.3 Å². The molecule has 1 unspecified atom stereocenters. The van der Waals surface area contributed by atoms with Crippen molar-refractivity contribution in [3.63, 3.8) is 0 Å². The fourth-order valence-electron chi connectivity index (χ4n) is 2.58. The van der Waals surface area contributed by atoms with Gasteiger partial charge in [0.25, 0.3) is 0 Å². The first-order valence-corrected chi connectivity index (χ1v) is 7.58. The van der Waals surface area contributed by atoms with Crippen LogP contribution in [0.3, 0.4) is 0 Å². The molecule has 22 heavy (non-hydrogen) atoms. The molecule has 0 spiro atoms. The van der Waals surface area contributed by atoms with Crippen molar-refractivity contribution >= 4 is 11.8 Å². The van der Waals surface area contributed by atoms with E-state index in [-0.39, 0.29) is 12.5 Å². The molecular formula is C17H13F3OS. The monoisotopic (exact) mass is 322 g/mol. The molecule has 0 aliphatic carbocycles. The molecule has 1 atom stereocenters. The number of allylic oxidation sites excluding steroid dienone is 1.